The van der Waals surface area contributed by atoms with E-state index in [0.717, 1.165) is 10.0 Å². The Balaban J connectivity index is 1.73. The van der Waals surface area contributed by atoms with Crippen molar-refractivity contribution in [2.45, 2.75) is 6.61 Å². The summed E-state index contributed by atoms with van der Waals surface area (Å²) in [4.78, 5) is 24.1. The number of ether oxygens (including phenoxy) is 2. The number of halogens is 3. The van der Waals surface area contributed by atoms with Crippen LogP contribution in [0.4, 0.5) is 5.69 Å². The van der Waals surface area contributed by atoms with Gasteiger partial charge in [0.1, 0.15) is 18.2 Å². The smallest absolute Gasteiger partial charge is 0.337 e. The van der Waals surface area contributed by atoms with Gasteiger partial charge in [-0.25, -0.2) is 4.79 Å². The molecule has 6 nitrogen and oxygen atoms in total. The van der Waals surface area contributed by atoms with E-state index in [0.29, 0.717) is 38.7 Å². The summed E-state index contributed by atoms with van der Waals surface area (Å²) in [5, 5.41) is 12.4. The van der Waals surface area contributed by atoms with Crippen molar-refractivity contribution in [3.8, 4) is 11.8 Å². The van der Waals surface area contributed by atoms with E-state index in [2.05, 4.69) is 41.9 Å². The lowest BCUT2D eigenvalue weighted by Gasteiger charge is -2.12. The molecule has 0 heterocycles. The van der Waals surface area contributed by atoms with E-state index in [1.807, 2.05) is 30.3 Å². The van der Waals surface area contributed by atoms with Crippen molar-refractivity contribution in [2.75, 3.05) is 12.4 Å². The highest BCUT2D eigenvalue weighted by Gasteiger charge is 2.14. The van der Waals surface area contributed by atoms with Crippen LogP contribution in [0.3, 0.4) is 0 Å². The molecular formula is C25H17Br2ClN2O4. The Hall–Kier alpha value is -3.12. The van der Waals surface area contributed by atoms with Gasteiger partial charge in [-0.1, -0.05) is 39.7 Å². The first-order valence-corrected chi connectivity index (χ1v) is 11.7. The first-order valence-electron chi connectivity index (χ1n) is 9.78. The molecule has 0 saturated carbocycles. The van der Waals surface area contributed by atoms with E-state index in [4.69, 9.17) is 16.3 Å². The molecule has 9 heteroatoms. The minimum absolute atomic E-state index is 0.122. The Bertz CT molecular complexity index is 1260. The van der Waals surface area contributed by atoms with E-state index < -0.39 is 11.9 Å². The number of hydrogen-bond donors (Lipinski definition) is 1. The van der Waals surface area contributed by atoms with Crippen LogP contribution in [-0.4, -0.2) is 19.0 Å². The summed E-state index contributed by atoms with van der Waals surface area (Å²) in [7, 11) is 1.29. The molecule has 0 aliphatic rings. The summed E-state index contributed by atoms with van der Waals surface area (Å²) in [5.41, 5.74) is 2.16. The van der Waals surface area contributed by atoms with E-state index in [1.165, 1.54) is 25.3 Å². The molecule has 0 unspecified atom stereocenters. The highest BCUT2D eigenvalue weighted by atomic mass is 79.9. The summed E-state index contributed by atoms with van der Waals surface area (Å²) in [6.45, 7) is 0.321. The number of esters is 1. The maximum Gasteiger partial charge on any atom is 0.337 e. The zero-order valence-electron chi connectivity index (χ0n) is 17.8. The van der Waals surface area contributed by atoms with Crippen LogP contribution < -0.4 is 10.1 Å². The maximum atomic E-state index is 12.6. The fraction of sp³-hybridized carbons (Fsp3) is 0.0800. The maximum absolute atomic E-state index is 12.6. The molecule has 3 rings (SSSR count). The predicted molar refractivity (Wildman–Crippen MR) is 138 cm³/mol. The second kappa shape index (κ2) is 11.8. The summed E-state index contributed by atoms with van der Waals surface area (Å²) < 4.78 is 12.1. The molecule has 3 aromatic rings. The van der Waals surface area contributed by atoms with Crippen molar-refractivity contribution in [3.05, 3.63) is 96.9 Å². The number of nitriles is 1. The summed E-state index contributed by atoms with van der Waals surface area (Å²) >= 11 is 13.2. The molecule has 0 aliphatic heterocycles. The lowest BCUT2D eigenvalue weighted by molar-refractivity contribution is -0.112. The summed E-state index contributed by atoms with van der Waals surface area (Å²) in [6.07, 6.45) is 1.42. The molecule has 0 fully saturated rings. The van der Waals surface area contributed by atoms with Crippen LogP contribution in [0.5, 0.6) is 5.75 Å². The quantitative estimate of drug-likeness (QED) is 0.183. The molecular weight excluding hydrogens is 588 g/mol. The molecule has 0 bridgehead atoms. The van der Waals surface area contributed by atoms with Gasteiger partial charge in [0.05, 0.1) is 22.2 Å². The van der Waals surface area contributed by atoms with Crippen LogP contribution in [0.15, 0.2) is 75.2 Å². The Labute approximate surface area is 218 Å². The highest BCUT2D eigenvalue weighted by molar-refractivity contribution is 9.10. The van der Waals surface area contributed by atoms with Gasteiger partial charge in [0, 0.05) is 10.2 Å². The second-order valence-electron chi connectivity index (χ2n) is 6.92. The van der Waals surface area contributed by atoms with Gasteiger partial charge in [-0.3, -0.25) is 4.79 Å². The summed E-state index contributed by atoms with van der Waals surface area (Å²) in [5.74, 6) is -0.631. The standard InChI is InChI=1S/C25H17Br2ClN2O4/c1-33-25(32)17-4-8-20(9-5-17)30-24(31)18(13-29)10-16-11-21(27)23(22(28)12-16)34-14-15-2-6-19(26)7-3-15/h2-12H,14H2,1H3,(H,30,31)/b18-10+. The third kappa shape index (κ3) is 6.70. The highest BCUT2D eigenvalue weighted by Crippen LogP contribution is 2.35. The minimum Gasteiger partial charge on any atom is -0.486 e. The fourth-order valence-corrected chi connectivity index (χ4v) is 4.11. The predicted octanol–water partition coefficient (Wildman–Crippen LogP) is 6.78. The lowest BCUT2D eigenvalue weighted by Crippen LogP contribution is -2.13. The Kier molecular flexibility index (Phi) is 8.88. The number of carbonyl (C=O) groups is 2. The van der Waals surface area contributed by atoms with Crippen molar-refractivity contribution < 1.29 is 19.1 Å². The van der Waals surface area contributed by atoms with Crippen molar-refractivity contribution in [2.24, 2.45) is 0 Å². The first kappa shape index (κ1) is 25.5. The zero-order chi connectivity index (χ0) is 24.7. The SMILES string of the molecule is COC(=O)c1ccc(NC(=O)/C(C#N)=C/c2cc(Cl)c(OCc3ccc(Br)cc3)c(Br)c2)cc1. The number of nitrogens with one attached hydrogen (secondary N) is 1. The number of carbonyl (C=O) groups excluding carboxylic acids is 2. The molecule has 3 aromatic carbocycles. The molecule has 0 saturated heterocycles. The van der Waals surface area contributed by atoms with Gasteiger partial charge in [0.25, 0.3) is 5.91 Å². The minimum atomic E-state index is -0.601. The largest absolute Gasteiger partial charge is 0.486 e. The number of anilines is 1. The van der Waals surface area contributed by atoms with E-state index >= 15 is 0 Å². The number of rotatable bonds is 7. The van der Waals surface area contributed by atoms with Crippen LogP contribution in [0, 0.1) is 11.3 Å². The van der Waals surface area contributed by atoms with Crippen LogP contribution in [0.2, 0.25) is 5.02 Å². The molecule has 1 N–H and O–H groups in total. The van der Waals surface area contributed by atoms with Crippen molar-refractivity contribution in [1.82, 2.24) is 0 Å². The van der Waals surface area contributed by atoms with Gasteiger partial charge in [-0.15, -0.1) is 0 Å². The van der Waals surface area contributed by atoms with E-state index in [1.54, 1.807) is 24.3 Å². The van der Waals surface area contributed by atoms with Gasteiger partial charge in [0.2, 0.25) is 0 Å². The third-order valence-electron chi connectivity index (χ3n) is 4.56. The number of amides is 1. The molecule has 0 atom stereocenters. The second-order valence-corrected chi connectivity index (χ2v) is 9.10. The average Bonchev–Trinajstić information content (AvgIpc) is 2.83. The molecule has 0 aliphatic carbocycles. The van der Waals surface area contributed by atoms with Gasteiger partial charge in [-0.05, 0) is 81.7 Å². The fourth-order valence-electron chi connectivity index (χ4n) is 2.86. The van der Waals surface area contributed by atoms with Crippen LogP contribution >= 0.6 is 43.5 Å². The molecule has 0 spiro atoms. The Morgan fingerprint density at radius 1 is 1.09 bits per heavy atom. The van der Waals surface area contributed by atoms with Crippen molar-refractivity contribution >= 4 is 67.1 Å². The first-order chi connectivity index (χ1) is 16.3. The Morgan fingerprint density at radius 2 is 1.76 bits per heavy atom. The van der Waals surface area contributed by atoms with Gasteiger partial charge < -0.3 is 14.8 Å². The van der Waals surface area contributed by atoms with Crippen LogP contribution in [-0.2, 0) is 16.1 Å². The van der Waals surface area contributed by atoms with Gasteiger partial charge in [0.15, 0.2) is 5.75 Å². The normalized spacial score (nSPS) is 10.9. The third-order valence-corrected chi connectivity index (χ3v) is 5.96. The molecule has 1 amide bonds. The average molecular weight is 605 g/mol. The molecule has 172 valence electrons. The lowest BCUT2D eigenvalue weighted by atomic mass is 10.1. The molecule has 34 heavy (non-hydrogen) atoms. The molecule has 0 radical (unpaired) electrons. The monoisotopic (exact) mass is 602 g/mol. The molecule has 0 aromatic heterocycles. The van der Waals surface area contributed by atoms with Gasteiger partial charge in [-0.2, -0.15) is 5.26 Å². The number of methoxy groups -OCH3 is 1. The zero-order valence-corrected chi connectivity index (χ0v) is 21.7. The van der Waals surface area contributed by atoms with E-state index in [-0.39, 0.29) is 5.57 Å². The van der Waals surface area contributed by atoms with Gasteiger partial charge >= 0.3 is 5.97 Å². The van der Waals surface area contributed by atoms with Crippen molar-refractivity contribution in [3.63, 3.8) is 0 Å². The number of hydrogen-bond acceptors (Lipinski definition) is 5. The van der Waals surface area contributed by atoms with Crippen molar-refractivity contribution in [1.29, 1.82) is 5.26 Å². The number of benzene rings is 3. The van der Waals surface area contributed by atoms with E-state index in [9.17, 15) is 14.9 Å². The number of nitrogens with zero attached hydrogens (tertiary/aromatic N) is 1. The topological polar surface area (TPSA) is 88.4 Å². The van der Waals surface area contributed by atoms with Crippen LogP contribution in [0.25, 0.3) is 6.08 Å². The van der Waals surface area contributed by atoms with Crippen LogP contribution in [0.1, 0.15) is 21.5 Å². The summed E-state index contributed by atoms with van der Waals surface area (Å²) in [6, 6.07) is 19.0. The Morgan fingerprint density at radius 3 is 2.35 bits per heavy atom.